The fourth-order valence-electron chi connectivity index (χ4n) is 5.12. The van der Waals surface area contributed by atoms with E-state index in [2.05, 4.69) is 4.90 Å². The molecular formula is C19H30N2O4. The van der Waals surface area contributed by atoms with Gasteiger partial charge in [-0.15, -0.1) is 0 Å². The molecule has 4 fully saturated rings. The number of rotatable bonds is 3. The molecular weight excluding hydrogens is 320 g/mol. The van der Waals surface area contributed by atoms with Gasteiger partial charge < -0.3 is 14.4 Å². The third-order valence-electron chi connectivity index (χ3n) is 6.34. The first-order chi connectivity index (χ1) is 11.7. The summed E-state index contributed by atoms with van der Waals surface area (Å²) >= 11 is 0. The van der Waals surface area contributed by atoms with Crippen molar-refractivity contribution in [2.75, 3.05) is 32.8 Å². The van der Waals surface area contributed by atoms with Gasteiger partial charge in [0.15, 0.2) is 0 Å². The van der Waals surface area contributed by atoms with Crippen LogP contribution in [0.4, 0.5) is 4.79 Å². The molecule has 6 nitrogen and oxygen atoms in total. The molecule has 2 saturated heterocycles. The van der Waals surface area contributed by atoms with Crippen LogP contribution in [-0.4, -0.2) is 66.3 Å². The standard InChI is InChI=1S/C19H30N2O4/c1-5-24-16(22)15-13-8-20(9-14(13)15)12-6-19(7-12)10-21(11-19)17(23)25-18(2,3)4/h12-15H,5-11H2,1-4H3/t13-,14+,15?. The first kappa shape index (κ1) is 17.1. The molecule has 3 atom stereocenters. The van der Waals surface area contributed by atoms with E-state index in [0.717, 1.165) is 26.2 Å². The highest BCUT2D eigenvalue weighted by atomic mass is 16.6. The predicted octanol–water partition coefficient (Wildman–Crippen LogP) is 2.13. The van der Waals surface area contributed by atoms with E-state index in [1.807, 2.05) is 32.6 Å². The Morgan fingerprint density at radius 2 is 1.72 bits per heavy atom. The van der Waals surface area contributed by atoms with Crippen molar-refractivity contribution in [1.82, 2.24) is 9.80 Å². The Morgan fingerprint density at radius 1 is 1.12 bits per heavy atom. The maximum atomic E-state index is 12.1. The molecule has 6 heteroatoms. The molecule has 2 aliphatic heterocycles. The smallest absolute Gasteiger partial charge is 0.410 e. The van der Waals surface area contributed by atoms with Crippen molar-refractivity contribution in [3.05, 3.63) is 0 Å². The van der Waals surface area contributed by atoms with E-state index in [4.69, 9.17) is 9.47 Å². The molecule has 0 N–H and O–H groups in total. The molecule has 2 heterocycles. The van der Waals surface area contributed by atoms with Gasteiger partial charge in [0.05, 0.1) is 12.5 Å². The van der Waals surface area contributed by atoms with E-state index < -0.39 is 5.60 Å². The number of piperidine rings is 1. The van der Waals surface area contributed by atoms with Gasteiger partial charge in [-0.1, -0.05) is 0 Å². The molecule has 140 valence electrons. The zero-order valence-corrected chi connectivity index (χ0v) is 15.8. The minimum absolute atomic E-state index is 0.00854. The van der Waals surface area contributed by atoms with Gasteiger partial charge in [-0.25, -0.2) is 4.79 Å². The van der Waals surface area contributed by atoms with Crippen molar-refractivity contribution in [3.8, 4) is 0 Å². The minimum atomic E-state index is -0.423. The lowest BCUT2D eigenvalue weighted by atomic mass is 9.60. The first-order valence-corrected chi connectivity index (χ1v) is 9.60. The topological polar surface area (TPSA) is 59.1 Å². The van der Waals surface area contributed by atoms with Crippen LogP contribution in [0.5, 0.6) is 0 Å². The molecule has 4 rings (SSSR count). The number of nitrogens with zero attached hydrogens (tertiary/aromatic N) is 2. The van der Waals surface area contributed by atoms with E-state index in [-0.39, 0.29) is 18.0 Å². The summed E-state index contributed by atoms with van der Waals surface area (Å²) in [7, 11) is 0. The van der Waals surface area contributed by atoms with E-state index in [9.17, 15) is 9.59 Å². The zero-order chi connectivity index (χ0) is 18.0. The fourth-order valence-corrected chi connectivity index (χ4v) is 5.12. The second-order valence-electron chi connectivity index (χ2n) is 9.46. The second kappa shape index (κ2) is 5.60. The van der Waals surface area contributed by atoms with Gasteiger partial charge in [0, 0.05) is 37.6 Å². The van der Waals surface area contributed by atoms with Crippen molar-refractivity contribution in [1.29, 1.82) is 0 Å². The summed E-state index contributed by atoms with van der Waals surface area (Å²) in [5.41, 5.74) is -0.0943. The SMILES string of the molecule is CCOC(=O)C1[C@H]2CN(C3CC4(C3)CN(C(=O)OC(C)(C)C)C4)C[C@@H]12. The van der Waals surface area contributed by atoms with Gasteiger partial charge in [0.1, 0.15) is 5.60 Å². The monoisotopic (exact) mass is 350 g/mol. The Balaban J connectivity index is 1.18. The number of likely N-dealkylation sites (tertiary alicyclic amines) is 2. The van der Waals surface area contributed by atoms with E-state index in [1.165, 1.54) is 12.8 Å². The van der Waals surface area contributed by atoms with Gasteiger partial charge in [-0.05, 0) is 52.4 Å². The molecule has 0 aromatic carbocycles. The van der Waals surface area contributed by atoms with Crippen molar-refractivity contribution >= 4 is 12.1 Å². The Labute approximate surface area is 149 Å². The minimum Gasteiger partial charge on any atom is -0.466 e. The van der Waals surface area contributed by atoms with Crippen LogP contribution in [0.1, 0.15) is 40.5 Å². The number of fused-ring (bicyclic) bond motifs is 1. The van der Waals surface area contributed by atoms with Crippen molar-refractivity contribution in [2.24, 2.45) is 23.2 Å². The lowest BCUT2D eigenvalue weighted by Gasteiger charge is -2.60. The Hall–Kier alpha value is -1.30. The molecule has 1 unspecified atom stereocenters. The highest BCUT2D eigenvalue weighted by Crippen LogP contribution is 2.57. The van der Waals surface area contributed by atoms with Gasteiger partial charge in [0.25, 0.3) is 0 Å². The molecule has 1 spiro atoms. The van der Waals surface area contributed by atoms with E-state index in [1.54, 1.807) is 0 Å². The summed E-state index contributed by atoms with van der Waals surface area (Å²) in [6.07, 6.45) is 2.17. The number of ether oxygens (including phenoxy) is 2. The average molecular weight is 350 g/mol. The highest BCUT2D eigenvalue weighted by Gasteiger charge is 2.63. The lowest BCUT2D eigenvalue weighted by Crippen LogP contribution is -2.67. The summed E-state index contributed by atoms with van der Waals surface area (Å²) in [4.78, 5) is 28.3. The molecule has 0 aromatic rings. The molecule has 0 aromatic heterocycles. The van der Waals surface area contributed by atoms with Crippen LogP contribution in [0, 0.1) is 23.2 Å². The van der Waals surface area contributed by atoms with E-state index >= 15 is 0 Å². The molecule has 2 aliphatic carbocycles. The number of esters is 1. The third-order valence-corrected chi connectivity index (χ3v) is 6.34. The molecule has 2 saturated carbocycles. The van der Waals surface area contributed by atoms with Crippen LogP contribution < -0.4 is 0 Å². The maximum absolute atomic E-state index is 12.1. The normalized spacial score (nSPS) is 33.4. The van der Waals surface area contributed by atoms with Crippen LogP contribution in [0.15, 0.2) is 0 Å². The summed E-state index contributed by atoms with van der Waals surface area (Å²) in [5.74, 6) is 1.22. The van der Waals surface area contributed by atoms with Crippen LogP contribution in [0.25, 0.3) is 0 Å². The van der Waals surface area contributed by atoms with Crippen LogP contribution in [0.2, 0.25) is 0 Å². The van der Waals surface area contributed by atoms with Crippen molar-refractivity contribution < 1.29 is 19.1 Å². The van der Waals surface area contributed by atoms with Crippen molar-refractivity contribution in [3.63, 3.8) is 0 Å². The predicted molar refractivity (Wildman–Crippen MR) is 91.9 cm³/mol. The summed E-state index contributed by atoms with van der Waals surface area (Å²) in [6, 6.07) is 0.636. The molecule has 25 heavy (non-hydrogen) atoms. The zero-order valence-electron chi connectivity index (χ0n) is 15.8. The van der Waals surface area contributed by atoms with Crippen LogP contribution >= 0.6 is 0 Å². The van der Waals surface area contributed by atoms with Crippen molar-refractivity contribution in [2.45, 2.75) is 52.2 Å². The summed E-state index contributed by atoms with van der Waals surface area (Å²) in [6.45, 7) is 11.8. The number of carbonyl (C=O) groups is 2. The summed E-state index contributed by atoms with van der Waals surface area (Å²) in [5, 5.41) is 0. The number of hydrogen-bond acceptors (Lipinski definition) is 5. The Kier molecular flexibility index (Phi) is 3.84. The fraction of sp³-hybridized carbons (Fsp3) is 0.895. The average Bonchev–Trinajstić information content (AvgIpc) is 2.90. The number of amides is 1. The third kappa shape index (κ3) is 3.03. The molecule has 0 bridgehead atoms. The molecule has 1 amide bonds. The highest BCUT2D eigenvalue weighted by molar-refractivity contribution is 5.77. The Bertz CT molecular complexity index is 558. The largest absolute Gasteiger partial charge is 0.466 e. The van der Waals surface area contributed by atoms with Gasteiger partial charge in [-0.3, -0.25) is 9.69 Å². The maximum Gasteiger partial charge on any atom is 0.410 e. The van der Waals surface area contributed by atoms with E-state index in [0.29, 0.717) is 29.9 Å². The van der Waals surface area contributed by atoms with Crippen LogP contribution in [-0.2, 0) is 14.3 Å². The van der Waals surface area contributed by atoms with Crippen LogP contribution in [0.3, 0.4) is 0 Å². The van der Waals surface area contributed by atoms with Gasteiger partial charge in [-0.2, -0.15) is 0 Å². The molecule has 0 radical (unpaired) electrons. The number of hydrogen-bond donors (Lipinski definition) is 0. The lowest BCUT2D eigenvalue weighted by molar-refractivity contribution is -0.146. The second-order valence-corrected chi connectivity index (χ2v) is 9.46. The molecule has 4 aliphatic rings. The number of carbonyl (C=O) groups excluding carboxylic acids is 2. The first-order valence-electron chi connectivity index (χ1n) is 9.60. The van der Waals surface area contributed by atoms with Gasteiger partial charge >= 0.3 is 12.1 Å². The quantitative estimate of drug-likeness (QED) is 0.730. The Morgan fingerprint density at radius 3 is 2.24 bits per heavy atom. The van der Waals surface area contributed by atoms with Gasteiger partial charge in [0.2, 0.25) is 0 Å². The summed E-state index contributed by atoms with van der Waals surface area (Å²) < 4.78 is 10.6.